The molecule has 0 saturated heterocycles. The molecule has 29 heavy (non-hydrogen) atoms. The van der Waals surface area contributed by atoms with Gasteiger partial charge in [0.05, 0.1) is 10.6 Å². The number of halogens is 1. The third kappa shape index (κ3) is 5.82. The number of hydrogen-bond donors (Lipinski definition) is 2. The standard InChI is InChI=1S/C21H19FN2O3S2/c22-19-8-4-5-9-20(19)24-29(26,27)18-12-10-16(11-13-18)21(25)23-14-15-28-17-6-2-1-3-7-17/h1-13,24H,14-15H2,(H,23,25). The number of carbonyl (C=O) groups excluding carboxylic acids is 1. The Labute approximate surface area is 173 Å². The molecule has 0 radical (unpaired) electrons. The van der Waals surface area contributed by atoms with Crippen molar-refractivity contribution in [2.75, 3.05) is 17.0 Å². The molecule has 0 aromatic heterocycles. The van der Waals surface area contributed by atoms with E-state index in [0.29, 0.717) is 12.1 Å². The van der Waals surface area contributed by atoms with Crippen LogP contribution in [0.5, 0.6) is 0 Å². The summed E-state index contributed by atoms with van der Waals surface area (Å²) >= 11 is 1.63. The summed E-state index contributed by atoms with van der Waals surface area (Å²) in [7, 11) is -3.95. The number of hydrogen-bond acceptors (Lipinski definition) is 4. The fourth-order valence-corrected chi connectivity index (χ4v) is 4.34. The van der Waals surface area contributed by atoms with Crippen molar-refractivity contribution >= 4 is 33.4 Å². The van der Waals surface area contributed by atoms with E-state index in [2.05, 4.69) is 10.0 Å². The summed E-state index contributed by atoms with van der Waals surface area (Å²) in [5.74, 6) is -0.237. The molecular weight excluding hydrogens is 411 g/mol. The van der Waals surface area contributed by atoms with Crippen LogP contribution >= 0.6 is 11.8 Å². The molecule has 0 spiro atoms. The first-order chi connectivity index (χ1) is 14.0. The minimum Gasteiger partial charge on any atom is -0.351 e. The summed E-state index contributed by atoms with van der Waals surface area (Å²) in [6.45, 7) is 0.479. The van der Waals surface area contributed by atoms with Crippen LogP contribution in [0.2, 0.25) is 0 Å². The average Bonchev–Trinajstić information content (AvgIpc) is 2.73. The maximum atomic E-state index is 13.7. The zero-order valence-electron chi connectivity index (χ0n) is 15.3. The molecule has 0 aliphatic carbocycles. The van der Waals surface area contributed by atoms with Crippen molar-refractivity contribution in [1.82, 2.24) is 5.32 Å². The highest BCUT2D eigenvalue weighted by atomic mass is 32.2. The Hall–Kier alpha value is -2.84. The van der Waals surface area contributed by atoms with Gasteiger partial charge in [0.1, 0.15) is 5.82 Å². The van der Waals surface area contributed by atoms with Crippen molar-refractivity contribution in [2.24, 2.45) is 0 Å². The van der Waals surface area contributed by atoms with E-state index in [1.54, 1.807) is 11.8 Å². The van der Waals surface area contributed by atoms with Gasteiger partial charge in [-0.1, -0.05) is 30.3 Å². The molecule has 0 aliphatic rings. The molecule has 0 fully saturated rings. The predicted molar refractivity (Wildman–Crippen MR) is 113 cm³/mol. The predicted octanol–water partition coefficient (Wildman–Crippen LogP) is 4.15. The molecular formula is C21H19FN2O3S2. The molecule has 0 heterocycles. The number of para-hydroxylation sites is 1. The number of anilines is 1. The molecule has 150 valence electrons. The smallest absolute Gasteiger partial charge is 0.261 e. The molecule has 0 saturated carbocycles. The van der Waals surface area contributed by atoms with Gasteiger partial charge in [-0.05, 0) is 48.5 Å². The van der Waals surface area contributed by atoms with Gasteiger partial charge in [-0.15, -0.1) is 11.8 Å². The van der Waals surface area contributed by atoms with Crippen molar-refractivity contribution in [2.45, 2.75) is 9.79 Å². The first-order valence-corrected chi connectivity index (χ1v) is 11.3. The number of carbonyl (C=O) groups is 1. The monoisotopic (exact) mass is 430 g/mol. The topological polar surface area (TPSA) is 75.3 Å². The van der Waals surface area contributed by atoms with E-state index in [9.17, 15) is 17.6 Å². The second kappa shape index (κ2) is 9.58. The van der Waals surface area contributed by atoms with Crippen LogP contribution in [0.4, 0.5) is 10.1 Å². The van der Waals surface area contributed by atoms with Crippen molar-refractivity contribution in [3.8, 4) is 0 Å². The molecule has 0 atom stereocenters. The number of nitrogens with one attached hydrogen (secondary N) is 2. The minimum atomic E-state index is -3.95. The number of amides is 1. The Morgan fingerprint density at radius 1 is 0.897 bits per heavy atom. The molecule has 0 bridgehead atoms. The number of thioether (sulfide) groups is 1. The molecule has 0 unspecified atom stereocenters. The van der Waals surface area contributed by atoms with Gasteiger partial charge in [0.2, 0.25) is 0 Å². The SMILES string of the molecule is O=C(NCCSc1ccccc1)c1ccc(S(=O)(=O)Nc2ccccc2F)cc1. The zero-order valence-corrected chi connectivity index (χ0v) is 17.0. The van der Waals surface area contributed by atoms with E-state index < -0.39 is 15.8 Å². The maximum absolute atomic E-state index is 13.7. The van der Waals surface area contributed by atoms with Crippen molar-refractivity contribution < 1.29 is 17.6 Å². The van der Waals surface area contributed by atoms with Gasteiger partial charge in [-0.3, -0.25) is 9.52 Å². The van der Waals surface area contributed by atoms with Gasteiger partial charge in [0, 0.05) is 22.8 Å². The third-order valence-corrected chi connectivity index (χ3v) is 6.34. The Morgan fingerprint density at radius 2 is 1.55 bits per heavy atom. The Balaban J connectivity index is 1.56. The average molecular weight is 431 g/mol. The lowest BCUT2D eigenvalue weighted by molar-refractivity contribution is 0.0956. The highest BCUT2D eigenvalue weighted by Gasteiger charge is 2.16. The van der Waals surface area contributed by atoms with Crippen LogP contribution in [-0.4, -0.2) is 26.6 Å². The highest BCUT2D eigenvalue weighted by molar-refractivity contribution is 7.99. The van der Waals surface area contributed by atoms with E-state index in [0.717, 1.165) is 10.6 Å². The van der Waals surface area contributed by atoms with E-state index >= 15 is 0 Å². The summed E-state index contributed by atoms with van der Waals surface area (Å²) in [5.41, 5.74) is 0.213. The van der Waals surface area contributed by atoms with Crippen LogP contribution in [0, 0.1) is 5.82 Å². The summed E-state index contributed by atoms with van der Waals surface area (Å²) < 4.78 is 40.7. The van der Waals surface area contributed by atoms with Gasteiger partial charge in [0.15, 0.2) is 0 Å². The lowest BCUT2D eigenvalue weighted by atomic mass is 10.2. The molecule has 1 amide bonds. The largest absolute Gasteiger partial charge is 0.351 e. The van der Waals surface area contributed by atoms with Gasteiger partial charge in [-0.2, -0.15) is 0 Å². The summed E-state index contributed by atoms with van der Waals surface area (Å²) in [4.78, 5) is 13.3. The molecule has 3 aromatic carbocycles. The minimum absolute atomic E-state index is 0.0584. The number of rotatable bonds is 8. The Bertz CT molecular complexity index is 1070. The van der Waals surface area contributed by atoms with Crippen molar-refractivity contribution in [3.63, 3.8) is 0 Å². The molecule has 3 rings (SSSR count). The summed E-state index contributed by atoms with van der Waals surface area (Å²) in [6, 6.07) is 20.9. The maximum Gasteiger partial charge on any atom is 0.261 e. The van der Waals surface area contributed by atoms with Gasteiger partial charge in [0.25, 0.3) is 15.9 Å². The van der Waals surface area contributed by atoms with Crippen LogP contribution in [0.1, 0.15) is 10.4 Å². The second-order valence-electron chi connectivity index (χ2n) is 6.03. The van der Waals surface area contributed by atoms with E-state index in [1.807, 2.05) is 30.3 Å². The van der Waals surface area contributed by atoms with Gasteiger partial charge < -0.3 is 5.32 Å². The third-order valence-electron chi connectivity index (χ3n) is 3.94. The molecule has 8 heteroatoms. The van der Waals surface area contributed by atoms with Crippen LogP contribution < -0.4 is 10.0 Å². The van der Waals surface area contributed by atoms with Crippen LogP contribution in [0.15, 0.2) is 88.7 Å². The number of sulfonamides is 1. The fraction of sp³-hybridized carbons (Fsp3) is 0.0952. The zero-order chi connectivity index (χ0) is 20.7. The van der Waals surface area contributed by atoms with Crippen LogP contribution in [0.25, 0.3) is 0 Å². The van der Waals surface area contributed by atoms with Crippen molar-refractivity contribution in [1.29, 1.82) is 0 Å². The normalized spacial score (nSPS) is 11.1. The van der Waals surface area contributed by atoms with Gasteiger partial charge >= 0.3 is 0 Å². The Kier molecular flexibility index (Phi) is 6.90. The quantitative estimate of drug-likeness (QED) is 0.416. The fourth-order valence-electron chi connectivity index (χ4n) is 2.49. The summed E-state index contributed by atoms with van der Waals surface area (Å²) in [5, 5.41) is 2.80. The lowest BCUT2D eigenvalue weighted by Gasteiger charge is -2.10. The van der Waals surface area contributed by atoms with Crippen LogP contribution in [0.3, 0.4) is 0 Å². The Morgan fingerprint density at radius 3 is 2.24 bits per heavy atom. The lowest BCUT2D eigenvalue weighted by Crippen LogP contribution is -2.25. The van der Waals surface area contributed by atoms with Crippen LogP contribution in [-0.2, 0) is 10.0 Å². The molecule has 3 aromatic rings. The molecule has 0 aliphatic heterocycles. The second-order valence-corrected chi connectivity index (χ2v) is 8.88. The molecule has 5 nitrogen and oxygen atoms in total. The number of benzene rings is 3. The van der Waals surface area contributed by atoms with Gasteiger partial charge in [-0.25, -0.2) is 12.8 Å². The highest BCUT2D eigenvalue weighted by Crippen LogP contribution is 2.19. The summed E-state index contributed by atoms with van der Waals surface area (Å²) in [6.07, 6.45) is 0. The first kappa shape index (κ1) is 20.9. The van der Waals surface area contributed by atoms with Crippen molar-refractivity contribution in [3.05, 3.63) is 90.2 Å². The van der Waals surface area contributed by atoms with E-state index in [-0.39, 0.29) is 16.5 Å². The van der Waals surface area contributed by atoms with E-state index in [1.165, 1.54) is 48.5 Å². The first-order valence-electron chi connectivity index (χ1n) is 8.79. The van der Waals surface area contributed by atoms with E-state index in [4.69, 9.17) is 0 Å². The molecule has 2 N–H and O–H groups in total.